The van der Waals surface area contributed by atoms with Crippen LogP contribution in [-0.2, 0) is 6.54 Å². The second kappa shape index (κ2) is 7.47. The maximum absolute atomic E-state index is 12.2. The lowest BCUT2D eigenvalue weighted by atomic mass is 10.1. The smallest absolute Gasteiger partial charge is 0.317 e. The van der Waals surface area contributed by atoms with E-state index < -0.39 is 0 Å². The van der Waals surface area contributed by atoms with E-state index in [1.165, 1.54) is 0 Å². The third-order valence-corrected chi connectivity index (χ3v) is 4.04. The summed E-state index contributed by atoms with van der Waals surface area (Å²) in [7, 11) is 1.73. The van der Waals surface area contributed by atoms with Gasteiger partial charge in [0.25, 0.3) is 0 Å². The van der Waals surface area contributed by atoms with Gasteiger partial charge in [-0.15, -0.1) is 0 Å². The Hall–Kier alpha value is -1.78. The molecule has 1 N–H and O–H groups in total. The van der Waals surface area contributed by atoms with Crippen molar-refractivity contribution in [2.45, 2.75) is 19.5 Å². The minimum absolute atomic E-state index is 0.168. The number of hydrogen-bond acceptors (Lipinski definition) is 2. The number of carbonyl (C=O) groups excluding carboxylic acids is 1. The molecule has 1 heterocycles. The lowest BCUT2D eigenvalue weighted by molar-refractivity contribution is 0.194. The molecule has 2 amide bonds. The Balaban J connectivity index is 2.00. The van der Waals surface area contributed by atoms with Gasteiger partial charge in [0, 0.05) is 36.0 Å². The predicted octanol–water partition coefficient (Wildman–Crippen LogP) is 4.29. The Morgan fingerprint density at radius 3 is 2.77 bits per heavy atom. The molecule has 2 rings (SSSR count). The number of amides is 2. The topological polar surface area (TPSA) is 45.2 Å². The number of nitrogens with zero attached hydrogens (tertiary/aromatic N) is 2. The lowest BCUT2D eigenvalue weighted by Gasteiger charge is -2.26. The normalized spacial score (nSPS) is 11.8. The first-order valence-electron chi connectivity index (χ1n) is 6.83. The minimum atomic E-state index is -0.178. The molecule has 116 valence electrons. The summed E-state index contributed by atoms with van der Waals surface area (Å²) in [5, 5.41) is 3.98. The number of carbonyl (C=O) groups is 1. The molecular weight excluding hydrogens is 321 g/mol. The number of rotatable bonds is 4. The fraction of sp³-hybridized carbons (Fsp3) is 0.250. The van der Waals surface area contributed by atoms with Crippen LogP contribution in [0.4, 0.5) is 4.79 Å². The fourth-order valence-electron chi connectivity index (χ4n) is 2.03. The van der Waals surface area contributed by atoms with Gasteiger partial charge in [-0.05, 0) is 36.2 Å². The first kappa shape index (κ1) is 16.6. The maximum Gasteiger partial charge on any atom is 0.317 e. The standard InChI is InChI=1S/C16H17Cl2N3O/c1-11(14-6-5-13(17)8-15(14)18)21(2)16(22)20-10-12-4-3-7-19-9-12/h3-9,11H,10H2,1-2H3,(H,20,22). The molecule has 22 heavy (non-hydrogen) atoms. The summed E-state index contributed by atoms with van der Waals surface area (Å²) < 4.78 is 0. The van der Waals surface area contributed by atoms with Gasteiger partial charge in [-0.1, -0.05) is 35.3 Å². The number of benzene rings is 1. The van der Waals surface area contributed by atoms with E-state index >= 15 is 0 Å². The second-order valence-electron chi connectivity index (χ2n) is 4.97. The molecule has 0 bridgehead atoms. The molecule has 2 aromatic rings. The summed E-state index contributed by atoms with van der Waals surface area (Å²) in [6.07, 6.45) is 3.42. The summed E-state index contributed by atoms with van der Waals surface area (Å²) in [6.45, 7) is 2.34. The zero-order chi connectivity index (χ0) is 16.1. The number of aromatic nitrogens is 1. The van der Waals surface area contributed by atoms with Crippen molar-refractivity contribution in [3.8, 4) is 0 Å². The third kappa shape index (κ3) is 4.12. The van der Waals surface area contributed by atoms with Gasteiger partial charge in [-0.2, -0.15) is 0 Å². The van der Waals surface area contributed by atoms with Crippen LogP contribution in [0, 0.1) is 0 Å². The summed E-state index contributed by atoms with van der Waals surface area (Å²) in [6, 6.07) is 8.67. The average Bonchev–Trinajstić information content (AvgIpc) is 2.52. The number of urea groups is 1. The van der Waals surface area contributed by atoms with Crippen LogP contribution < -0.4 is 5.32 Å². The molecule has 1 atom stereocenters. The highest BCUT2D eigenvalue weighted by Crippen LogP contribution is 2.29. The zero-order valence-corrected chi connectivity index (χ0v) is 13.9. The summed E-state index contributed by atoms with van der Waals surface area (Å²) in [5.74, 6) is 0. The number of pyridine rings is 1. The van der Waals surface area contributed by atoms with Crippen LogP contribution in [-0.4, -0.2) is 23.0 Å². The van der Waals surface area contributed by atoms with Gasteiger partial charge < -0.3 is 10.2 Å². The Bertz CT molecular complexity index is 649. The Morgan fingerprint density at radius 2 is 2.14 bits per heavy atom. The second-order valence-corrected chi connectivity index (χ2v) is 5.82. The molecule has 6 heteroatoms. The third-order valence-electron chi connectivity index (χ3n) is 3.48. The summed E-state index contributed by atoms with van der Waals surface area (Å²) in [5.41, 5.74) is 1.80. The van der Waals surface area contributed by atoms with Crippen molar-refractivity contribution >= 4 is 29.2 Å². The zero-order valence-electron chi connectivity index (χ0n) is 12.4. The Labute approximate surface area is 140 Å². The van der Waals surface area contributed by atoms with Gasteiger partial charge >= 0.3 is 6.03 Å². The maximum atomic E-state index is 12.2. The van der Waals surface area contributed by atoms with E-state index in [4.69, 9.17) is 23.2 Å². The average molecular weight is 338 g/mol. The fourth-order valence-corrected chi connectivity index (χ4v) is 2.60. The number of hydrogen-bond donors (Lipinski definition) is 1. The van der Waals surface area contributed by atoms with Crippen molar-refractivity contribution in [1.82, 2.24) is 15.2 Å². The Morgan fingerprint density at radius 1 is 1.36 bits per heavy atom. The molecule has 1 aromatic heterocycles. The van der Waals surface area contributed by atoms with Gasteiger partial charge in [-0.3, -0.25) is 4.98 Å². The van der Waals surface area contributed by atoms with Gasteiger partial charge in [0.15, 0.2) is 0 Å². The van der Waals surface area contributed by atoms with Crippen molar-refractivity contribution in [2.75, 3.05) is 7.05 Å². The highest BCUT2D eigenvalue weighted by Gasteiger charge is 2.19. The molecule has 0 spiro atoms. The molecule has 0 fully saturated rings. The lowest BCUT2D eigenvalue weighted by Crippen LogP contribution is -2.38. The largest absolute Gasteiger partial charge is 0.334 e. The van der Waals surface area contributed by atoms with E-state index in [1.54, 1.807) is 36.5 Å². The van der Waals surface area contributed by atoms with Crippen molar-refractivity contribution in [1.29, 1.82) is 0 Å². The predicted molar refractivity (Wildman–Crippen MR) is 89.1 cm³/mol. The van der Waals surface area contributed by atoms with Gasteiger partial charge in [-0.25, -0.2) is 4.79 Å². The van der Waals surface area contributed by atoms with Gasteiger partial charge in [0.05, 0.1) is 6.04 Å². The van der Waals surface area contributed by atoms with Gasteiger partial charge in [0.1, 0.15) is 0 Å². The van der Waals surface area contributed by atoms with Crippen LogP contribution in [0.25, 0.3) is 0 Å². The van der Waals surface area contributed by atoms with E-state index in [2.05, 4.69) is 10.3 Å². The van der Waals surface area contributed by atoms with Crippen LogP contribution in [0.3, 0.4) is 0 Å². The monoisotopic (exact) mass is 337 g/mol. The first-order chi connectivity index (χ1) is 10.5. The molecule has 0 aliphatic rings. The van der Waals surface area contributed by atoms with Crippen LogP contribution in [0.5, 0.6) is 0 Å². The van der Waals surface area contributed by atoms with E-state index in [0.29, 0.717) is 16.6 Å². The van der Waals surface area contributed by atoms with Crippen LogP contribution in [0.1, 0.15) is 24.1 Å². The molecule has 1 aromatic carbocycles. The van der Waals surface area contributed by atoms with E-state index in [9.17, 15) is 4.79 Å². The quantitative estimate of drug-likeness (QED) is 0.904. The molecule has 1 unspecified atom stereocenters. The van der Waals surface area contributed by atoms with Crippen molar-refractivity contribution in [3.63, 3.8) is 0 Å². The SMILES string of the molecule is CC(c1ccc(Cl)cc1Cl)N(C)C(=O)NCc1cccnc1. The molecule has 0 aliphatic heterocycles. The van der Waals surface area contributed by atoms with E-state index in [0.717, 1.165) is 11.1 Å². The minimum Gasteiger partial charge on any atom is -0.334 e. The molecule has 0 aliphatic carbocycles. The molecule has 4 nitrogen and oxygen atoms in total. The summed E-state index contributed by atoms with van der Waals surface area (Å²) >= 11 is 12.1. The number of halogens is 2. The van der Waals surface area contributed by atoms with Crippen molar-refractivity contribution in [2.24, 2.45) is 0 Å². The highest BCUT2D eigenvalue weighted by atomic mass is 35.5. The van der Waals surface area contributed by atoms with E-state index in [1.807, 2.05) is 25.1 Å². The molecule has 0 saturated carbocycles. The van der Waals surface area contributed by atoms with Crippen LogP contribution in [0.15, 0.2) is 42.7 Å². The highest BCUT2D eigenvalue weighted by molar-refractivity contribution is 6.35. The molecule has 0 radical (unpaired) electrons. The first-order valence-corrected chi connectivity index (χ1v) is 7.59. The number of nitrogens with one attached hydrogen (secondary N) is 1. The van der Waals surface area contributed by atoms with Crippen molar-refractivity contribution < 1.29 is 4.79 Å². The molecule has 0 saturated heterocycles. The summed E-state index contributed by atoms with van der Waals surface area (Å²) in [4.78, 5) is 17.9. The van der Waals surface area contributed by atoms with Crippen LogP contribution in [0.2, 0.25) is 10.0 Å². The van der Waals surface area contributed by atoms with E-state index in [-0.39, 0.29) is 12.1 Å². The van der Waals surface area contributed by atoms with Crippen molar-refractivity contribution in [3.05, 3.63) is 63.9 Å². The Kier molecular flexibility index (Phi) is 5.63. The van der Waals surface area contributed by atoms with Crippen LogP contribution >= 0.6 is 23.2 Å². The van der Waals surface area contributed by atoms with Gasteiger partial charge in [0.2, 0.25) is 0 Å². The molecular formula is C16H17Cl2N3O.